The molecule has 1 aromatic heterocycles. The zero-order chi connectivity index (χ0) is 15.8. The molecule has 0 saturated heterocycles. The number of nitrogen functional groups attached to an aromatic ring is 1. The summed E-state index contributed by atoms with van der Waals surface area (Å²) in [6.07, 6.45) is 1.66. The minimum Gasteiger partial charge on any atom is -0.398 e. The van der Waals surface area contributed by atoms with Gasteiger partial charge in [-0.25, -0.2) is 13.4 Å². The first-order chi connectivity index (χ1) is 9.63. The van der Waals surface area contributed by atoms with E-state index in [9.17, 15) is 8.42 Å². The Balaban J connectivity index is 2.44. The van der Waals surface area contributed by atoms with E-state index >= 15 is 0 Å². The predicted octanol–water partition coefficient (Wildman–Crippen LogP) is 2.56. The van der Waals surface area contributed by atoms with Crippen LogP contribution in [0.5, 0.6) is 0 Å². The van der Waals surface area contributed by atoms with Crippen LogP contribution in [0.4, 0.5) is 5.69 Å². The van der Waals surface area contributed by atoms with Crippen LogP contribution in [0.15, 0.2) is 28.6 Å². The molecule has 0 saturated carbocycles. The van der Waals surface area contributed by atoms with Gasteiger partial charge in [0.15, 0.2) is 0 Å². The second-order valence-electron chi connectivity index (χ2n) is 5.55. The molecule has 1 aromatic carbocycles. The molecule has 0 aliphatic rings. The Morgan fingerprint density at radius 1 is 1.29 bits per heavy atom. The molecule has 0 atom stereocenters. The highest BCUT2D eigenvalue weighted by atomic mass is 32.2. The molecule has 7 heteroatoms. The van der Waals surface area contributed by atoms with Gasteiger partial charge in [-0.1, -0.05) is 0 Å². The van der Waals surface area contributed by atoms with Crippen LogP contribution in [0.1, 0.15) is 30.0 Å². The van der Waals surface area contributed by atoms with E-state index in [1.54, 1.807) is 39.1 Å². The Morgan fingerprint density at radius 3 is 2.52 bits per heavy atom. The van der Waals surface area contributed by atoms with Crippen LogP contribution < -0.4 is 10.5 Å². The first-order valence-corrected chi connectivity index (χ1v) is 8.80. The molecule has 3 N–H and O–H groups in total. The van der Waals surface area contributed by atoms with Crippen molar-refractivity contribution in [1.29, 1.82) is 0 Å². The van der Waals surface area contributed by atoms with Crippen molar-refractivity contribution in [1.82, 2.24) is 9.71 Å². The number of thiazole rings is 1. The third-order valence-corrected chi connectivity index (χ3v) is 6.07. The van der Waals surface area contributed by atoms with Crippen molar-refractivity contribution in [3.63, 3.8) is 0 Å². The molecule has 0 radical (unpaired) electrons. The van der Waals surface area contributed by atoms with Crippen molar-refractivity contribution >= 4 is 27.0 Å². The van der Waals surface area contributed by atoms with Crippen LogP contribution in [0.2, 0.25) is 0 Å². The summed E-state index contributed by atoms with van der Waals surface area (Å²) in [4.78, 5) is 4.40. The normalized spacial score (nSPS) is 12.6. The Morgan fingerprint density at radius 2 is 1.95 bits per heavy atom. The summed E-state index contributed by atoms with van der Waals surface area (Å²) < 4.78 is 28.1. The van der Waals surface area contributed by atoms with Gasteiger partial charge in [-0.15, -0.1) is 11.3 Å². The quantitative estimate of drug-likeness (QED) is 0.846. The first-order valence-electron chi connectivity index (χ1n) is 6.44. The zero-order valence-electron chi connectivity index (χ0n) is 12.5. The third kappa shape index (κ3) is 3.25. The first kappa shape index (κ1) is 15.9. The van der Waals surface area contributed by atoms with Gasteiger partial charge in [0.25, 0.3) is 0 Å². The van der Waals surface area contributed by atoms with Gasteiger partial charge in [0.05, 0.1) is 10.4 Å². The highest BCUT2D eigenvalue weighted by Gasteiger charge is 2.31. The number of anilines is 1. The summed E-state index contributed by atoms with van der Waals surface area (Å²) in [6.45, 7) is 7.11. The Hall–Kier alpha value is -1.44. The van der Waals surface area contributed by atoms with Crippen molar-refractivity contribution < 1.29 is 8.42 Å². The molecule has 114 valence electrons. The molecule has 0 fully saturated rings. The Kier molecular flexibility index (Phi) is 4.10. The van der Waals surface area contributed by atoms with Crippen LogP contribution >= 0.6 is 11.3 Å². The lowest BCUT2D eigenvalue weighted by atomic mass is 10.1. The average Bonchev–Trinajstić information content (AvgIpc) is 2.86. The fraction of sp³-hybridized carbons (Fsp3) is 0.357. The van der Waals surface area contributed by atoms with Gasteiger partial charge in [0.1, 0.15) is 5.01 Å². The summed E-state index contributed by atoms with van der Waals surface area (Å²) in [5.41, 5.74) is 6.94. The van der Waals surface area contributed by atoms with Gasteiger partial charge in [0, 0.05) is 17.3 Å². The number of nitrogens with two attached hydrogens (primary N) is 1. The average molecular weight is 325 g/mol. The maximum atomic E-state index is 12.7. The molecule has 21 heavy (non-hydrogen) atoms. The lowest BCUT2D eigenvalue weighted by Crippen LogP contribution is -2.41. The Bertz CT molecular complexity index is 751. The monoisotopic (exact) mass is 325 g/mol. The van der Waals surface area contributed by atoms with Gasteiger partial charge < -0.3 is 5.73 Å². The van der Waals surface area contributed by atoms with Gasteiger partial charge in [0.2, 0.25) is 10.0 Å². The summed E-state index contributed by atoms with van der Waals surface area (Å²) >= 11 is 1.41. The molecule has 1 heterocycles. The van der Waals surface area contributed by atoms with Crippen molar-refractivity contribution in [3.8, 4) is 0 Å². The number of aromatic nitrogens is 1. The van der Waals surface area contributed by atoms with Gasteiger partial charge in [-0.2, -0.15) is 4.72 Å². The minimum absolute atomic E-state index is 0.213. The predicted molar refractivity (Wildman–Crippen MR) is 85.8 cm³/mol. The van der Waals surface area contributed by atoms with E-state index in [4.69, 9.17) is 5.73 Å². The summed E-state index contributed by atoms with van der Waals surface area (Å²) in [5.74, 6) is 0. The summed E-state index contributed by atoms with van der Waals surface area (Å²) in [5, 5.41) is 2.53. The molecule has 0 aliphatic heterocycles. The molecule has 0 amide bonds. The number of nitrogens with zero attached hydrogens (tertiary/aromatic N) is 1. The van der Waals surface area contributed by atoms with Crippen molar-refractivity contribution in [2.75, 3.05) is 5.73 Å². The van der Waals surface area contributed by atoms with E-state index in [1.807, 2.05) is 12.3 Å². The molecule has 0 bridgehead atoms. The largest absolute Gasteiger partial charge is 0.398 e. The second kappa shape index (κ2) is 5.40. The smallest absolute Gasteiger partial charge is 0.241 e. The van der Waals surface area contributed by atoms with E-state index in [2.05, 4.69) is 9.71 Å². The van der Waals surface area contributed by atoms with Crippen LogP contribution in [0.25, 0.3) is 0 Å². The van der Waals surface area contributed by atoms with E-state index in [0.29, 0.717) is 16.3 Å². The van der Waals surface area contributed by atoms with Crippen LogP contribution in [-0.4, -0.2) is 13.4 Å². The van der Waals surface area contributed by atoms with Gasteiger partial charge >= 0.3 is 0 Å². The van der Waals surface area contributed by atoms with Gasteiger partial charge in [-0.05, 0) is 51.0 Å². The van der Waals surface area contributed by atoms with Crippen LogP contribution in [0.3, 0.4) is 0 Å². The number of rotatable bonds is 4. The van der Waals surface area contributed by atoms with Crippen molar-refractivity contribution in [2.24, 2.45) is 0 Å². The number of sulfonamides is 1. The maximum Gasteiger partial charge on any atom is 0.241 e. The lowest BCUT2D eigenvalue weighted by Gasteiger charge is -2.24. The van der Waals surface area contributed by atoms with Gasteiger partial charge in [-0.3, -0.25) is 0 Å². The third-order valence-electron chi connectivity index (χ3n) is 3.19. The standard InChI is InChI=1S/C14H19N3O2S2/c1-9-7-11(15)10(2)12(8-9)21(18,19)17-14(3,4)13-16-5-6-20-13/h5-8,17H,15H2,1-4H3. The fourth-order valence-electron chi connectivity index (χ4n) is 2.10. The van der Waals surface area contributed by atoms with E-state index in [0.717, 1.165) is 5.56 Å². The molecule has 5 nitrogen and oxygen atoms in total. The molecule has 2 rings (SSSR count). The number of hydrogen-bond donors (Lipinski definition) is 2. The SMILES string of the molecule is Cc1cc(N)c(C)c(S(=O)(=O)NC(C)(C)c2nccs2)c1. The summed E-state index contributed by atoms with van der Waals surface area (Å²) in [6, 6.07) is 3.40. The number of nitrogens with one attached hydrogen (secondary N) is 1. The van der Waals surface area contributed by atoms with E-state index < -0.39 is 15.6 Å². The highest BCUT2D eigenvalue weighted by Crippen LogP contribution is 2.28. The van der Waals surface area contributed by atoms with Crippen LogP contribution in [-0.2, 0) is 15.6 Å². The number of hydrogen-bond acceptors (Lipinski definition) is 5. The Labute approximate surface area is 129 Å². The number of benzene rings is 1. The minimum atomic E-state index is -3.68. The number of aryl methyl sites for hydroxylation is 1. The fourth-order valence-corrected chi connectivity index (χ4v) is 4.62. The zero-order valence-corrected chi connectivity index (χ0v) is 14.1. The van der Waals surface area contributed by atoms with Crippen LogP contribution in [0, 0.1) is 13.8 Å². The van der Waals surface area contributed by atoms with Crippen molar-refractivity contribution in [3.05, 3.63) is 39.8 Å². The molecule has 2 aromatic rings. The topological polar surface area (TPSA) is 85.1 Å². The van der Waals surface area contributed by atoms with Crippen molar-refractivity contribution in [2.45, 2.75) is 38.1 Å². The molecular formula is C14H19N3O2S2. The van der Waals surface area contributed by atoms with E-state index in [1.165, 1.54) is 11.3 Å². The lowest BCUT2D eigenvalue weighted by molar-refractivity contribution is 0.469. The molecule has 0 aliphatic carbocycles. The molecular weight excluding hydrogens is 306 g/mol. The van der Waals surface area contributed by atoms with E-state index in [-0.39, 0.29) is 4.90 Å². The second-order valence-corrected chi connectivity index (χ2v) is 8.09. The molecule has 0 spiro atoms. The maximum absolute atomic E-state index is 12.7. The highest BCUT2D eigenvalue weighted by molar-refractivity contribution is 7.89. The molecule has 0 unspecified atom stereocenters. The summed E-state index contributed by atoms with van der Waals surface area (Å²) in [7, 11) is -3.68.